The Kier molecular flexibility index (Phi) is 4.64. The first kappa shape index (κ1) is 16.6. The highest BCUT2D eigenvalue weighted by Gasteiger charge is 2.17. The summed E-state index contributed by atoms with van der Waals surface area (Å²) in [6.45, 7) is 2.25. The molecule has 1 aliphatic heterocycles. The summed E-state index contributed by atoms with van der Waals surface area (Å²) >= 11 is 6.50. The van der Waals surface area contributed by atoms with E-state index in [4.69, 9.17) is 17.3 Å². The lowest BCUT2D eigenvalue weighted by Gasteiger charge is -2.04. The van der Waals surface area contributed by atoms with E-state index in [-0.39, 0.29) is 18.8 Å². The van der Waals surface area contributed by atoms with Crippen molar-refractivity contribution in [2.24, 2.45) is 4.99 Å². The van der Waals surface area contributed by atoms with Gasteiger partial charge in [-0.1, -0.05) is 25.1 Å². The van der Waals surface area contributed by atoms with Crippen LogP contribution in [0, 0.1) is 3.95 Å². The summed E-state index contributed by atoms with van der Waals surface area (Å²) in [5, 5.41) is 19.2. The van der Waals surface area contributed by atoms with E-state index in [9.17, 15) is 9.90 Å². The number of allylic oxidation sites excluding steroid dienone is 1. The first-order valence-corrected chi connectivity index (χ1v) is 8.76. The minimum Gasteiger partial charge on any atom is -0.493 e. The number of nitrogens with zero attached hydrogens (tertiary/aromatic N) is 2. The first-order chi connectivity index (χ1) is 11.5. The number of aromatic nitrogens is 1. The Balaban J connectivity index is 1.98. The van der Waals surface area contributed by atoms with Crippen molar-refractivity contribution in [2.45, 2.75) is 26.3 Å². The Morgan fingerprint density at radius 3 is 2.96 bits per heavy atom. The lowest BCUT2D eigenvalue weighted by molar-refractivity contribution is -0.137. The maximum absolute atomic E-state index is 10.7. The molecule has 0 bridgehead atoms. The zero-order chi connectivity index (χ0) is 17.3. The Bertz CT molecular complexity index is 922. The van der Waals surface area contributed by atoms with E-state index in [0.717, 1.165) is 23.2 Å². The fraction of sp³-hybridized carbons (Fsp3) is 0.235. The number of carboxylic acid groups (broad SMARTS) is 1. The largest absolute Gasteiger partial charge is 0.493 e. The maximum atomic E-state index is 10.7. The van der Waals surface area contributed by atoms with E-state index >= 15 is 0 Å². The third-order valence-corrected chi connectivity index (χ3v) is 5.26. The molecule has 0 amide bonds. The van der Waals surface area contributed by atoms with Crippen LogP contribution in [0.2, 0.25) is 0 Å². The predicted molar refractivity (Wildman–Crippen MR) is 98.9 cm³/mol. The number of thiazole rings is 1. The SMILES string of the molecule is CCc1cccc2c1N=CC2=Cc1sc(=S)n(CCC(=O)O)c1O. The molecule has 2 N–H and O–H groups in total. The van der Waals surface area contributed by atoms with E-state index in [1.54, 1.807) is 6.21 Å². The highest BCUT2D eigenvalue weighted by molar-refractivity contribution is 7.73. The maximum Gasteiger partial charge on any atom is 0.305 e. The van der Waals surface area contributed by atoms with Crippen LogP contribution < -0.4 is 0 Å². The highest BCUT2D eigenvalue weighted by Crippen LogP contribution is 2.38. The van der Waals surface area contributed by atoms with Gasteiger partial charge in [-0.2, -0.15) is 0 Å². The van der Waals surface area contributed by atoms with E-state index in [1.807, 2.05) is 18.2 Å². The van der Waals surface area contributed by atoms with Gasteiger partial charge in [0.1, 0.15) is 0 Å². The second-order valence-corrected chi connectivity index (χ2v) is 7.05. The van der Waals surface area contributed by atoms with Crippen LogP contribution in [0.1, 0.15) is 29.3 Å². The number of carboxylic acids is 1. The molecule has 5 nitrogen and oxygen atoms in total. The van der Waals surface area contributed by atoms with Gasteiger partial charge in [0, 0.05) is 23.9 Å². The molecular formula is C17H16N2O3S2. The van der Waals surface area contributed by atoms with Crippen LogP contribution in [-0.4, -0.2) is 27.0 Å². The average Bonchev–Trinajstić information content (AvgIpc) is 3.07. The number of rotatable bonds is 5. The molecule has 0 radical (unpaired) electrons. The molecule has 0 unspecified atom stereocenters. The van der Waals surface area contributed by atoms with Crippen LogP contribution in [0.25, 0.3) is 11.6 Å². The van der Waals surface area contributed by atoms with Crippen LogP contribution in [0.4, 0.5) is 5.69 Å². The summed E-state index contributed by atoms with van der Waals surface area (Å²) in [5.41, 5.74) is 4.10. The van der Waals surface area contributed by atoms with Crippen LogP contribution in [0.5, 0.6) is 5.88 Å². The Morgan fingerprint density at radius 1 is 1.46 bits per heavy atom. The van der Waals surface area contributed by atoms with Crippen molar-refractivity contribution >= 4 is 53.1 Å². The Morgan fingerprint density at radius 2 is 2.25 bits per heavy atom. The van der Waals surface area contributed by atoms with Gasteiger partial charge >= 0.3 is 5.97 Å². The van der Waals surface area contributed by atoms with Gasteiger partial charge < -0.3 is 10.2 Å². The van der Waals surface area contributed by atoms with E-state index < -0.39 is 5.97 Å². The number of aliphatic imine (C=N–C) groups is 1. The van der Waals surface area contributed by atoms with Gasteiger partial charge in [-0.15, -0.1) is 11.3 Å². The third-order valence-electron chi connectivity index (χ3n) is 3.87. The van der Waals surface area contributed by atoms with Gasteiger partial charge in [-0.3, -0.25) is 14.4 Å². The molecule has 3 rings (SSSR count). The third kappa shape index (κ3) is 3.05. The minimum absolute atomic E-state index is 0.00671. The van der Waals surface area contributed by atoms with Crippen molar-refractivity contribution < 1.29 is 15.0 Å². The fourth-order valence-corrected chi connectivity index (χ4v) is 3.95. The van der Waals surface area contributed by atoms with Gasteiger partial charge in [0.05, 0.1) is 17.0 Å². The molecule has 0 saturated carbocycles. The molecule has 0 atom stereocenters. The van der Waals surface area contributed by atoms with Gasteiger partial charge in [0.15, 0.2) is 3.95 Å². The second kappa shape index (κ2) is 6.70. The number of fused-ring (bicyclic) bond motifs is 1. The van der Waals surface area contributed by atoms with Crippen molar-refractivity contribution in [3.05, 3.63) is 38.2 Å². The lowest BCUT2D eigenvalue weighted by Crippen LogP contribution is -2.03. The summed E-state index contributed by atoms with van der Waals surface area (Å²) in [5.74, 6) is -0.918. The normalized spacial score (nSPS) is 14.3. The van der Waals surface area contributed by atoms with Crippen molar-refractivity contribution in [1.82, 2.24) is 4.57 Å². The summed E-state index contributed by atoms with van der Waals surface area (Å²) < 4.78 is 1.91. The van der Waals surface area contributed by atoms with E-state index in [0.29, 0.717) is 8.83 Å². The average molecular weight is 360 g/mol. The molecule has 124 valence electrons. The molecule has 1 aromatic carbocycles. The number of hydrogen-bond donors (Lipinski definition) is 2. The van der Waals surface area contributed by atoms with Crippen LogP contribution >= 0.6 is 23.6 Å². The zero-order valence-electron chi connectivity index (χ0n) is 13.0. The summed E-state index contributed by atoms with van der Waals surface area (Å²) in [4.78, 5) is 15.8. The fourth-order valence-electron chi connectivity index (χ4n) is 2.63. The van der Waals surface area contributed by atoms with Gasteiger partial charge in [0.2, 0.25) is 5.88 Å². The minimum atomic E-state index is -0.925. The van der Waals surface area contributed by atoms with E-state index in [1.165, 1.54) is 21.5 Å². The number of aliphatic carboxylic acids is 1. The quantitative estimate of drug-likeness (QED) is 0.781. The summed E-state index contributed by atoms with van der Waals surface area (Å²) in [7, 11) is 0. The first-order valence-electron chi connectivity index (χ1n) is 7.53. The Labute approximate surface area is 148 Å². The smallest absolute Gasteiger partial charge is 0.305 e. The number of hydrogen-bond acceptors (Lipinski definition) is 5. The molecule has 1 aliphatic rings. The van der Waals surface area contributed by atoms with Crippen molar-refractivity contribution in [1.29, 1.82) is 0 Å². The predicted octanol–water partition coefficient (Wildman–Crippen LogP) is 4.28. The van der Waals surface area contributed by atoms with Crippen LogP contribution in [0.3, 0.4) is 0 Å². The monoisotopic (exact) mass is 360 g/mol. The molecule has 2 heterocycles. The van der Waals surface area contributed by atoms with Gasteiger partial charge in [-0.25, -0.2) is 0 Å². The number of aromatic hydroxyl groups is 1. The zero-order valence-corrected chi connectivity index (χ0v) is 14.7. The lowest BCUT2D eigenvalue weighted by atomic mass is 10.0. The summed E-state index contributed by atoms with van der Waals surface area (Å²) in [6, 6.07) is 6.06. The molecule has 7 heteroatoms. The standard InChI is InChI=1S/C17H16N2O3S2/c1-2-10-4-3-5-12-11(9-18-15(10)12)8-13-16(22)19(17(23)24-13)7-6-14(20)21/h3-5,8-9,22H,2,6-7H2,1H3,(H,20,21). The van der Waals surface area contributed by atoms with Gasteiger partial charge in [-0.05, 0) is 30.3 Å². The van der Waals surface area contributed by atoms with Crippen LogP contribution in [-0.2, 0) is 17.8 Å². The van der Waals surface area contributed by atoms with Crippen molar-refractivity contribution in [3.63, 3.8) is 0 Å². The number of para-hydroxylation sites is 1. The topological polar surface area (TPSA) is 74.8 Å². The molecule has 2 aromatic rings. The van der Waals surface area contributed by atoms with Gasteiger partial charge in [0.25, 0.3) is 0 Å². The van der Waals surface area contributed by atoms with Crippen molar-refractivity contribution in [2.75, 3.05) is 0 Å². The summed E-state index contributed by atoms with van der Waals surface area (Å²) in [6.07, 6.45) is 4.46. The molecular weight excluding hydrogens is 344 g/mol. The molecule has 1 aromatic heterocycles. The number of carbonyl (C=O) groups is 1. The molecule has 24 heavy (non-hydrogen) atoms. The van der Waals surface area contributed by atoms with E-state index in [2.05, 4.69) is 18.0 Å². The molecule has 0 fully saturated rings. The van der Waals surface area contributed by atoms with Crippen LogP contribution in [0.15, 0.2) is 23.2 Å². The second-order valence-electron chi connectivity index (χ2n) is 5.38. The molecule has 0 spiro atoms. The number of aryl methyl sites for hydroxylation is 1. The number of benzene rings is 1. The molecule has 0 saturated heterocycles. The highest BCUT2D eigenvalue weighted by atomic mass is 32.1. The molecule has 0 aliphatic carbocycles. The van der Waals surface area contributed by atoms with Crippen molar-refractivity contribution in [3.8, 4) is 5.88 Å². The Hall–Kier alpha value is -2.25.